The summed E-state index contributed by atoms with van der Waals surface area (Å²) in [6.07, 6.45) is 4.10. The Labute approximate surface area is 122 Å². The third-order valence-electron chi connectivity index (χ3n) is 3.60. The van der Waals surface area contributed by atoms with E-state index in [1.165, 1.54) is 18.2 Å². The Bertz CT molecular complexity index is 467. The maximum atomic E-state index is 13.6. The minimum absolute atomic E-state index is 0.00797. The summed E-state index contributed by atoms with van der Waals surface area (Å²) < 4.78 is 13.6. The van der Waals surface area contributed by atoms with Gasteiger partial charge in [0, 0.05) is 16.9 Å². The Hall–Kier alpha value is -0.800. The van der Waals surface area contributed by atoms with Crippen molar-refractivity contribution >= 4 is 29.1 Å². The quantitative estimate of drug-likeness (QED) is 0.840. The molecule has 0 spiro atoms. The number of rotatable bonds is 3. The monoisotopic (exact) mass is 303 g/mol. The van der Waals surface area contributed by atoms with Gasteiger partial charge in [0.25, 0.3) is 5.91 Å². The molecule has 0 aromatic heterocycles. The van der Waals surface area contributed by atoms with Crippen molar-refractivity contribution in [1.29, 1.82) is 0 Å². The van der Waals surface area contributed by atoms with E-state index < -0.39 is 11.7 Å². The molecule has 2 atom stereocenters. The first-order chi connectivity index (χ1) is 9.11. The summed E-state index contributed by atoms with van der Waals surface area (Å²) in [7, 11) is 0. The summed E-state index contributed by atoms with van der Waals surface area (Å²) in [6.45, 7) is 0. The molecule has 2 nitrogen and oxygen atoms in total. The Morgan fingerprint density at radius 3 is 2.84 bits per heavy atom. The average molecular weight is 304 g/mol. The number of hydrogen-bond acceptors (Lipinski definition) is 1. The molecule has 1 saturated carbocycles. The van der Waals surface area contributed by atoms with Crippen LogP contribution in [0.25, 0.3) is 0 Å². The predicted molar refractivity (Wildman–Crippen MR) is 75.3 cm³/mol. The highest BCUT2D eigenvalue weighted by molar-refractivity contribution is 6.31. The number of benzene rings is 1. The van der Waals surface area contributed by atoms with Crippen molar-refractivity contribution in [2.24, 2.45) is 5.92 Å². The summed E-state index contributed by atoms with van der Waals surface area (Å²) in [6, 6.07) is 4.01. The zero-order valence-corrected chi connectivity index (χ0v) is 12.0. The van der Waals surface area contributed by atoms with Crippen molar-refractivity contribution in [3.05, 3.63) is 34.6 Å². The standard InChI is InChI=1S/C14H16Cl2FNO/c15-8-9-3-1-2-4-13(9)18-14(19)11-7-10(16)5-6-12(11)17/h5-7,9,13H,1-4,8H2,(H,18,19). The van der Waals surface area contributed by atoms with Crippen molar-refractivity contribution < 1.29 is 9.18 Å². The van der Waals surface area contributed by atoms with Crippen molar-refractivity contribution in [1.82, 2.24) is 5.32 Å². The molecule has 0 radical (unpaired) electrons. The lowest BCUT2D eigenvalue weighted by molar-refractivity contribution is 0.0907. The van der Waals surface area contributed by atoms with Gasteiger partial charge < -0.3 is 5.32 Å². The lowest BCUT2D eigenvalue weighted by Crippen LogP contribution is -2.43. The second-order valence-electron chi connectivity index (χ2n) is 4.90. The van der Waals surface area contributed by atoms with Crippen LogP contribution in [0.3, 0.4) is 0 Å². The molecule has 1 aliphatic carbocycles. The van der Waals surface area contributed by atoms with Gasteiger partial charge in [0.15, 0.2) is 0 Å². The summed E-state index contributed by atoms with van der Waals surface area (Å²) in [5.74, 6) is -0.188. The van der Waals surface area contributed by atoms with Crippen LogP contribution in [-0.2, 0) is 0 Å². The normalized spacial score (nSPS) is 23.1. The van der Waals surface area contributed by atoms with Gasteiger partial charge in [-0.2, -0.15) is 0 Å². The van der Waals surface area contributed by atoms with Gasteiger partial charge in [0.1, 0.15) is 5.82 Å². The first kappa shape index (κ1) is 14.6. The molecule has 1 aliphatic rings. The van der Waals surface area contributed by atoms with Crippen LogP contribution in [0.2, 0.25) is 5.02 Å². The number of nitrogens with one attached hydrogen (secondary N) is 1. The molecular formula is C14H16Cl2FNO. The number of halogens is 3. The van der Waals surface area contributed by atoms with E-state index in [1.54, 1.807) is 0 Å². The second kappa shape index (κ2) is 6.58. The fourth-order valence-electron chi connectivity index (χ4n) is 2.50. The van der Waals surface area contributed by atoms with Crippen LogP contribution in [-0.4, -0.2) is 17.8 Å². The molecule has 0 heterocycles. The average Bonchev–Trinajstić information content (AvgIpc) is 2.42. The molecule has 1 fully saturated rings. The number of carbonyl (C=O) groups excluding carboxylic acids is 1. The van der Waals surface area contributed by atoms with E-state index >= 15 is 0 Å². The van der Waals surface area contributed by atoms with Gasteiger partial charge in [-0.1, -0.05) is 24.4 Å². The van der Waals surface area contributed by atoms with E-state index in [4.69, 9.17) is 23.2 Å². The Morgan fingerprint density at radius 2 is 2.11 bits per heavy atom. The van der Waals surface area contributed by atoms with Crippen molar-refractivity contribution in [3.8, 4) is 0 Å². The van der Waals surface area contributed by atoms with Crippen LogP contribution in [0, 0.1) is 11.7 Å². The van der Waals surface area contributed by atoms with Crippen LogP contribution in [0.15, 0.2) is 18.2 Å². The van der Waals surface area contributed by atoms with E-state index in [1.807, 2.05) is 0 Å². The van der Waals surface area contributed by atoms with E-state index in [0.29, 0.717) is 10.9 Å². The number of alkyl halides is 1. The topological polar surface area (TPSA) is 29.1 Å². The van der Waals surface area contributed by atoms with Gasteiger partial charge in [-0.05, 0) is 37.0 Å². The molecule has 0 bridgehead atoms. The van der Waals surface area contributed by atoms with Crippen LogP contribution >= 0.6 is 23.2 Å². The molecule has 0 aliphatic heterocycles. The third kappa shape index (κ3) is 3.61. The number of hydrogen-bond donors (Lipinski definition) is 1. The third-order valence-corrected chi connectivity index (χ3v) is 4.23. The molecule has 19 heavy (non-hydrogen) atoms. The minimum Gasteiger partial charge on any atom is -0.349 e. The van der Waals surface area contributed by atoms with E-state index in [-0.39, 0.29) is 17.5 Å². The lowest BCUT2D eigenvalue weighted by atomic mass is 9.85. The summed E-state index contributed by atoms with van der Waals surface area (Å²) in [5, 5.41) is 3.23. The molecular weight excluding hydrogens is 288 g/mol. The zero-order valence-electron chi connectivity index (χ0n) is 10.5. The summed E-state index contributed by atoms with van der Waals surface area (Å²) in [4.78, 5) is 12.1. The Balaban J connectivity index is 2.09. The van der Waals surface area contributed by atoms with Crippen molar-refractivity contribution in [3.63, 3.8) is 0 Å². The lowest BCUT2D eigenvalue weighted by Gasteiger charge is -2.30. The van der Waals surface area contributed by atoms with Gasteiger partial charge in [-0.25, -0.2) is 4.39 Å². The highest BCUT2D eigenvalue weighted by Crippen LogP contribution is 2.26. The summed E-state index contributed by atoms with van der Waals surface area (Å²) >= 11 is 11.7. The van der Waals surface area contributed by atoms with Gasteiger partial charge >= 0.3 is 0 Å². The van der Waals surface area contributed by atoms with E-state index in [0.717, 1.165) is 25.7 Å². The number of carbonyl (C=O) groups is 1. The SMILES string of the molecule is O=C(NC1CCCCC1CCl)c1cc(Cl)ccc1F. The highest BCUT2D eigenvalue weighted by Gasteiger charge is 2.26. The molecule has 2 unspecified atom stereocenters. The maximum Gasteiger partial charge on any atom is 0.254 e. The van der Waals surface area contributed by atoms with Gasteiger partial charge in [0.05, 0.1) is 5.56 Å². The molecule has 5 heteroatoms. The maximum absolute atomic E-state index is 13.6. The molecule has 0 saturated heterocycles. The van der Waals surface area contributed by atoms with Gasteiger partial charge in [-0.3, -0.25) is 4.79 Å². The van der Waals surface area contributed by atoms with Crippen LogP contribution in [0.4, 0.5) is 4.39 Å². The largest absolute Gasteiger partial charge is 0.349 e. The van der Waals surface area contributed by atoms with Crippen LogP contribution in [0.5, 0.6) is 0 Å². The Kier molecular flexibility index (Phi) is 5.06. The van der Waals surface area contributed by atoms with Crippen LogP contribution < -0.4 is 5.32 Å². The molecule has 2 rings (SSSR count). The fourth-order valence-corrected chi connectivity index (χ4v) is 3.04. The number of amides is 1. The molecule has 1 amide bonds. The summed E-state index contributed by atoms with van der Waals surface area (Å²) in [5.41, 5.74) is -0.00797. The highest BCUT2D eigenvalue weighted by atomic mass is 35.5. The van der Waals surface area contributed by atoms with E-state index in [2.05, 4.69) is 5.32 Å². The van der Waals surface area contributed by atoms with E-state index in [9.17, 15) is 9.18 Å². The molecule has 1 aromatic carbocycles. The zero-order chi connectivity index (χ0) is 13.8. The van der Waals surface area contributed by atoms with Crippen LogP contribution in [0.1, 0.15) is 36.0 Å². The molecule has 104 valence electrons. The fraction of sp³-hybridized carbons (Fsp3) is 0.500. The first-order valence-electron chi connectivity index (χ1n) is 6.43. The van der Waals surface area contributed by atoms with Crippen molar-refractivity contribution in [2.75, 3.05) is 5.88 Å². The smallest absolute Gasteiger partial charge is 0.254 e. The van der Waals surface area contributed by atoms with Gasteiger partial charge in [0.2, 0.25) is 0 Å². The molecule has 1 aromatic rings. The first-order valence-corrected chi connectivity index (χ1v) is 7.35. The minimum atomic E-state index is -0.555. The van der Waals surface area contributed by atoms with Crippen molar-refractivity contribution in [2.45, 2.75) is 31.7 Å². The molecule has 1 N–H and O–H groups in total. The van der Waals surface area contributed by atoms with Gasteiger partial charge in [-0.15, -0.1) is 11.6 Å². The Morgan fingerprint density at radius 1 is 1.37 bits per heavy atom. The predicted octanol–water partition coefficient (Wildman–Crippen LogP) is 4.01. The second-order valence-corrected chi connectivity index (χ2v) is 5.65.